The van der Waals surface area contributed by atoms with Crippen molar-refractivity contribution in [3.05, 3.63) is 81.9 Å². The van der Waals surface area contributed by atoms with Crippen LogP contribution in [0.2, 0.25) is 0 Å². The molecule has 2 aliphatic heterocycles. The molecule has 0 saturated heterocycles. The van der Waals surface area contributed by atoms with Gasteiger partial charge in [0, 0.05) is 23.9 Å². The summed E-state index contributed by atoms with van der Waals surface area (Å²) in [5.74, 6) is -0.788. The molecular weight excluding hydrogens is 466 g/mol. The van der Waals surface area contributed by atoms with E-state index in [1.165, 1.54) is 19.2 Å². The number of hydrogen-bond donors (Lipinski definition) is 5. The molecule has 0 spiro atoms. The molecular formula is C24H23N7O5. The fourth-order valence-corrected chi connectivity index (χ4v) is 3.45. The molecule has 0 aromatic heterocycles. The zero-order valence-electron chi connectivity index (χ0n) is 19.2. The molecule has 1 amide bonds. The number of phenolic OH excluding ortho intramolecular Hbond substituents is 1. The third-order valence-electron chi connectivity index (χ3n) is 5.29. The van der Waals surface area contributed by atoms with E-state index in [-0.39, 0.29) is 29.6 Å². The molecule has 1 unspecified atom stereocenters. The Morgan fingerprint density at radius 3 is 2.50 bits per heavy atom. The number of nitrogens with zero attached hydrogens (tertiary/aromatic N) is 3. The smallest absolute Gasteiger partial charge is 0.328 e. The van der Waals surface area contributed by atoms with Crippen LogP contribution in [0.3, 0.4) is 0 Å². The number of aromatic nitrogens is 4. The lowest BCUT2D eigenvalue weighted by Crippen LogP contribution is -2.43. The molecule has 36 heavy (non-hydrogen) atoms. The van der Waals surface area contributed by atoms with Crippen LogP contribution in [0.1, 0.15) is 21.6 Å². The second kappa shape index (κ2) is 10.5. The molecule has 6 N–H and O–H groups in total. The molecule has 1 atom stereocenters. The van der Waals surface area contributed by atoms with E-state index >= 15 is 0 Å². The number of H-pyrrole nitrogens is 1. The first-order valence-electron chi connectivity index (χ1n) is 10.8. The number of fused-ring (bicyclic) bond motifs is 1. The number of nitrogen functional groups attached to an aromatic ring is 1. The van der Waals surface area contributed by atoms with Crippen LogP contribution in [0.25, 0.3) is 11.5 Å². The number of rotatable bonds is 8. The highest BCUT2D eigenvalue weighted by molar-refractivity contribution is 5.97. The van der Waals surface area contributed by atoms with Gasteiger partial charge in [-0.2, -0.15) is 9.97 Å². The number of carbonyl (C=O) groups excluding carboxylic acids is 2. The minimum atomic E-state index is -0.898. The lowest BCUT2D eigenvalue weighted by molar-refractivity contribution is -0.142. The van der Waals surface area contributed by atoms with E-state index in [1.807, 2.05) is 0 Å². The maximum absolute atomic E-state index is 12.7. The van der Waals surface area contributed by atoms with Crippen molar-refractivity contribution in [3.63, 3.8) is 0 Å². The van der Waals surface area contributed by atoms with Crippen LogP contribution in [0.15, 0.2) is 59.5 Å². The second-order valence-corrected chi connectivity index (χ2v) is 7.83. The van der Waals surface area contributed by atoms with E-state index < -0.39 is 23.5 Å². The first-order valence-corrected chi connectivity index (χ1v) is 10.8. The average Bonchev–Trinajstić information content (AvgIpc) is 2.88. The number of hydrogen-bond acceptors (Lipinski definition) is 10. The number of amides is 1. The highest BCUT2D eigenvalue weighted by Gasteiger charge is 2.22. The molecule has 2 aromatic rings. The minimum Gasteiger partial charge on any atom is -0.508 e. The van der Waals surface area contributed by atoms with Crippen LogP contribution >= 0.6 is 0 Å². The fourth-order valence-electron chi connectivity index (χ4n) is 3.45. The Morgan fingerprint density at radius 1 is 1.08 bits per heavy atom. The largest absolute Gasteiger partial charge is 0.508 e. The summed E-state index contributed by atoms with van der Waals surface area (Å²) in [6.45, 7) is 0.291. The standard InChI is InChI=1S/C24H23N7O5/c1-36-23(35)18(10-13-2-8-17(32)9-3-13)29-21(33)14-4-6-15(7-5-14)26-11-16-12-27-20-19(28-16)22(34)31-24(25)30-20/h2-9,12,18,26,32H,10-11H2,1H3,(H,29,33)(H3,25,27,30,31,34). The normalized spacial score (nSPS) is 11.6. The molecule has 184 valence electrons. The van der Waals surface area contributed by atoms with Gasteiger partial charge in [-0.1, -0.05) is 12.1 Å². The van der Waals surface area contributed by atoms with Crippen LogP contribution in [-0.4, -0.2) is 50.1 Å². The zero-order chi connectivity index (χ0) is 25.7. The Morgan fingerprint density at radius 2 is 1.81 bits per heavy atom. The quantitative estimate of drug-likeness (QED) is 0.224. The van der Waals surface area contributed by atoms with Gasteiger partial charge in [0.05, 0.1) is 19.3 Å². The second-order valence-electron chi connectivity index (χ2n) is 7.83. The summed E-state index contributed by atoms with van der Waals surface area (Å²) in [4.78, 5) is 51.6. The molecule has 2 heterocycles. The van der Waals surface area contributed by atoms with Crippen LogP contribution in [-0.2, 0) is 22.5 Å². The first-order chi connectivity index (χ1) is 17.3. The minimum absolute atomic E-state index is 0.0861. The molecule has 4 rings (SSSR count). The summed E-state index contributed by atoms with van der Waals surface area (Å²) in [7, 11) is 1.25. The summed E-state index contributed by atoms with van der Waals surface area (Å²) in [5, 5.41) is 15.3. The number of benzene rings is 2. The number of methoxy groups -OCH3 is 1. The number of esters is 1. The van der Waals surface area contributed by atoms with Gasteiger partial charge >= 0.3 is 11.5 Å². The highest BCUT2D eigenvalue weighted by Crippen LogP contribution is 2.15. The summed E-state index contributed by atoms with van der Waals surface area (Å²) in [5.41, 5.74) is 7.35. The maximum Gasteiger partial charge on any atom is 0.328 e. The Balaban J connectivity index is 1.39. The third-order valence-corrected chi connectivity index (χ3v) is 5.29. The Hall–Kier alpha value is -5.00. The van der Waals surface area contributed by atoms with Gasteiger partial charge < -0.3 is 31.2 Å². The molecule has 12 heteroatoms. The van der Waals surface area contributed by atoms with Crippen molar-refractivity contribution >= 4 is 23.5 Å². The lowest BCUT2D eigenvalue weighted by Gasteiger charge is -2.17. The Bertz CT molecular complexity index is 1400. The van der Waals surface area contributed by atoms with Crippen LogP contribution in [0, 0.1) is 0 Å². The van der Waals surface area contributed by atoms with Crippen molar-refractivity contribution in [2.45, 2.75) is 19.0 Å². The first kappa shape index (κ1) is 24.1. The number of ether oxygens (including phenoxy) is 1. The van der Waals surface area contributed by atoms with Crippen molar-refractivity contribution in [1.29, 1.82) is 0 Å². The summed E-state index contributed by atoms with van der Waals surface area (Å²) < 4.78 is 4.82. The number of nitrogens with one attached hydrogen (secondary N) is 3. The van der Waals surface area contributed by atoms with Crippen molar-refractivity contribution in [2.24, 2.45) is 0 Å². The van der Waals surface area contributed by atoms with E-state index in [1.54, 1.807) is 42.6 Å². The molecule has 2 aliphatic rings. The van der Waals surface area contributed by atoms with Crippen LogP contribution < -0.4 is 21.9 Å². The van der Waals surface area contributed by atoms with E-state index in [9.17, 15) is 19.5 Å². The van der Waals surface area contributed by atoms with Gasteiger partial charge in [-0.3, -0.25) is 9.59 Å². The van der Waals surface area contributed by atoms with Crippen molar-refractivity contribution in [3.8, 4) is 17.3 Å². The van der Waals surface area contributed by atoms with Gasteiger partial charge in [0.2, 0.25) is 5.95 Å². The predicted molar refractivity (Wildman–Crippen MR) is 130 cm³/mol. The monoisotopic (exact) mass is 489 g/mol. The number of anilines is 2. The molecule has 12 nitrogen and oxygen atoms in total. The molecule has 0 radical (unpaired) electrons. The SMILES string of the molecule is COC(=O)C(Cc1ccc(O)cc1)NC(=O)c1ccc(NCc2c[nH]c3nc(N)nc(=O)c-3n2)cc1. The Labute approximate surface area is 204 Å². The van der Waals surface area contributed by atoms with Gasteiger partial charge in [0.15, 0.2) is 11.5 Å². The van der Waals surface area contributed by atoms with Gasteiger partial charge in [0.1, 0.15) is 11.8 Å². The van der Waals surface area contributed by atoms with Crippen molar-refractivity contribution < 1.29 is 19.4 Å². The summed E-state index contributed by atoms with van der Waals surface area (Å²) >= 11 is 0. The number of aromatic amines is 1. The van der Waals surface area contributed by atoms with Crippen molar-refractivity contribution in [2.75, 3.05) is 18.2 Å². The number of aromatic hydroxyl groups is 1. The topological polar surface area (TPSA) is 185 Å². The van der Waals surface area contributed by atoms with Gasteiger partial charge in [-0.25, -0.2) is 9.78 Å². The molecule has 0 fully saturated rings. The van der Waals surface area contributed by atoms with E-state index in [2.05, 4.69) is 30.6 Å². The van der Waals surface area contributed by atoms with Crippen molar-refractivity contribution in [1.82, 2.24) is 25.3 Å². The molecule has 0 saturated carbocycles. The van der Waals surface area contributed by atoms with Gasteiger partial charge in [0.25, 0.3) is 5.91 Å². The van der Waals surface area contributed by atoms with Gasteiger partial charge in [-0.05, 0) is 42.0 Å². The van der Waals surface area contributed by atoms with E-state index in [4.69, 9.17) is 10.5 Å². The fraction of sp³-hybridized carbons (Fsp3) is 0.167. The summed E-state index contributed by atoms with van der Waals surface area (Å²) in [6.07, 6.45) is 1.81. The average molecular weight is 489 g/mol. The maximum atomic E-state index is 12.7. The van der Waals surface area contributed by atoms with E-state index in [0.29, 0.717) is 23.5 Å². The highest BCUT2D eigenvalue weighted by atomic mass is 16.5. The predicted octanol–water partition coefficient (Wildman–Crippen LogP) is 1.08. The summed E-state index contributed by atoms with van der Waals surface area (Å²) in [6, 6.07) is 12.1. The zero-order valence-corrected chi connectivity index (χ0v) is 19.2. The van der Waals surface area contributed by atoms with E-state index in [0.717, 1.165) is 5.56 Å². The Kier molecular flexibility index (Phi) is 7.04. The number of carbonyl (C=O) groups is 2. The van der Waals surface area contributed by atoms with Crippen LogP contribution in [0.5, 0.6) is 5.75 Å². The third kappa shape index (κ3) is 5.73. The van der Waals surface area contributed by atoms with Crippen LogP contribution in [0.4, 0.5) is 11.6 Å². The van der Waals surface area contributed by atoms with Gasteiger partial charge in [-0.15, -0.1) is 0 Å². The molecule has 2 aromatic carbocycles. The lowest BCUT2D eigenvalue weighted by atomic mass is 10.0. The number of nitrogens with two attached hydrogens (primary N) is 1. The number of phenols is 1. The molecule has 0 bridgehead atoms. The molecule has 0 aliphatic carbocycles.